The van der Waals surface area contributed by atoms with Crippen LogP contribution in [0.15, 0.2) is 152 Å². The normalized spacial score (nSPS) is 15.1. The minimum atomic E-state index is -2.36. The summed E-state index contributed by atoms with van der Waals surface area (Å²) in [5.41, 5.74) is 10.8. The number of ether oxygens (including phenoxy) is 1. The summed E-state index contributed by atoms with van der Waals surface area (Å²) in [6, 6.07) is 49.5. The fourth-order valence-electron chi connectivity index (χ4n) is 8.15. The fraction of sp³-hybridized carbons (Fsp3) is 0.106. The van der Waals surface area contributed by atoms with E-state index in [0.717, 1.165) is 57.1 Å². The van der Waals surface area contributed by atoms with Gasteiger partial charge < -0.3 is 0 Å². The average Bonchev–Trinajstić information content (AvgIpc) is 3.86. The van der Waals surface area contributed by atoms with Gasteiger partial charge in [0.1, 0.15) is 0 Å². The summed E-state index contributed by atoms with van der Waals surface area (Å²) in [4.78, 5) is 4.94. The van der Waals surface area contributed by atoms with E-state index in [2.05, 4.69) is 119 Å². The van der Waals surface area contributed by atoms with Crippen molar-refractivity contribution in [2.45, 2.75) is 25.7 Å². The second kappa shape index (κ2) is 12.7. The number of hydrogen-bond acceptors (Lipinski definition) is 2. The van der Waals surface area contributed by atoms with E-state index < -0.39 is 6.85 Å². The van der Waals surface area contributed by atoms with Crippen LogP contribution in [0.4, 0.5) is 0 Å². The molecule has 1 aliphatic carbocycles. The summed E-state index contributed by atoms with van der Waals surface area (Å²) in [5.74, 6) is 1.99. The number of nitrogens with zero attached hydrogens (tertiary/aromatic N) is 4. The first-order chi connectivity index (χ1) is 27.2. The van der Waals surface area contributed by atoms with Gasteiger partial charge in [0.2, 0.25) is 0 Å². The Bertz CT molecular complexity index is 3040. The predicted molar refractivity (Wildman–Crippen MR) is 211 cm³/mol. The molecule has 0 spiro atoms. The molecule has 0 N–H and O–H groups in total. The van der Waals surface area contributed by atoms with Gasteiger partial charge >= 0.3 is 189 Å². The van der Waals surface area contributed by atoms with Crippen molar-refractivity contribution in [3.05, 3.63) is 172 Å². The first-order valence-corrected chi connectivity index (χ1v) is 19.0. The molecular weight excluding hydrogens is 832 g/mol. The topological polar surface area (TPSA) is 36.9 Å². The van der Waals surface area contributed by atoms with E-state index in [-0.39, 0.29) is 11.6 Å². The van der Waals surface area contributed by atoms with Crippen molar-refractivity contribution >= 4 is 32.8 Å². The van der Waals surface area contributed by atoms with Gasteiger partial charge in [0, 0.05) is 15.9 Å². The molecule has 53 heavy (non-hydrogen) atoms. The third-order valence-electron chi connectivity index (χ3n) is 10.7. The summed E-state index contributed by atoms with van der Waals surface area (Å²) in [5, 5.41) is 2.06. The van der Waals surface area contributed by atoms with Crippen LogP contribution in [0.3, 0.4) is 0 Å². The Morgan fingerprint density at radius 1 is 0.679 bits per heavy atom. The molecule has 6 heteroatoms. The van der Waals surface area contributed by atoms with E-state index >= 15 is 0 Å². The first kappa shape index (κ1) is 28.8. The monoisotopic (exact) mass is 870 g/mol. The second-order valence-electron chi connectivity index (χ2n) is 13.7. The molecule has 0 fully saturated rings. The van der Waals surface area contributed by atoms with E-state index in [1.807, 2.05) is 60.7 Å². The number of imidazole rings is 1. The Kier molecular flexibility index (Phi) is 6.90. The van der Waals surface area contributed by atoms with Gasteiger partial charge in [-0.1, -0.05) is 66.7 Å². The van der Waals surface area contributed by atoms with Crippen LogP contribution in [0.25, 0.3) is 60.9 Å². The van der Waals surface area contributed by atoms with Crippen molar-refractivity contribution in [1.29, 1.82) is 0 Å². The zero-order chi connectivity index (χ0) is 38.1. The van der Waals surface area contributed by atoms with E-state index in [1.165, 1.54) is 26.0 Å². The van der Waals surface area contributed by atoms with Crippen molar-refractivity contribution in [3.8, 4) is 39.6 Å². The minimum absolute atomic E-state index is 0.202. The molecule has 1 unspecified atom stereocenters. The SMILES string of the molecule is [2H]C([2H])([2H])c1cc(-n2c3ccc(-c4ccccc4)cc3c3ccc(Oc4ccc5c(c4)C(n4[c](=[Pt])n(C)c6ccccc64)CC5)cc32)ncc1-c1ccccc1. The number of pyridine rings is 1. The predicted octanol–water partition coefficient (Wildman–Crippen LogP) is 11.5. The van der Waals surface area contributed by atoms with Crippen LogP contribution in [0, 0.1) is 10.7 Å². The fourth-order valence-corrected chi connectivity index (χ4v) is 9.05. The standard InChI is InChI=1S/C47H36N4O.Pt/c1-31-25-47(48-29-41(31)33-13-7-4-8-14-33)51-43-24-19-35(32-11-5-3-6-12-32)26-40(43)38-22-21-37(28-46(38)51)52-36-20-17-34-18-23-42(39(34)27-36)50-30-49(2)44-15-9-10-16-45(44)50;/h3-17,19-22,24-29,42H,18,23H2,1-2H3;/i1D3;. The van der Waals surface area contributed by atoms with Crippen molar-refractivity contribution in [3.63, 3.8) is 0 Å². The third-order valence-corrected chi connectivity index (χ3v) is 12.0. The van der Waals surface area contributed by atoms with Crippen LogP contribution >= 0.6 is 0 Å². The molecule has 3 heterocycles. The quantitative estimate of drug-likeness (QED) is 0.167. The smallest absolute Gasteiger partial charge is 0.0374 e. The van der Waals surface area contributed by atoms with Gasteiger partial charge in [0.05, 0.1) is 0 Å². The van der Waals surface area contributed by atoms with E-state index in [0.29, 0.717) is 17.1 Å². The number of aromatic nitrogens is 4. The number of rotatable bonds is 6. The Morgan fingerprint density at radius 2 is 1.42 bits per heavy atom. The molecule has 9 aromatic rings. The van der Waals surface area contributed by atoms with Crippen LogP contribution in [-0.4, -0.2) is 18.7 Å². The van der Waals surface area contributed by atoms with E-state index in [9.17, 15) is 0 Å². The molecule has 1 aliphatic rings. The molecule has 3 aromatic heterocycles. The minimum Gasteiger partial charge on any atom is -0.238 e. The van der Waals surface area contributed by atoms with Crippen LogP contribution < -0.4 is 4.74 Å². The number of para-hydroxylation sites is 2. The van der Waals surface area contributed by atoms with Crippen molar-refractivity contribution in [2.24, 2.45) is 7.05 Å². The van der Waals surface area contributed by atoms with Crippen LogP contribution in [-0.2, 0) is 32.8 Å². The molecule has 6 aromatic carbocycles. The van der Waals surface area contributed by atoms with Gasteiger partial charge in [-0.3, -0.25) is 0 Å². The number of fused-ring (bicyclic) bond motifs is 5. The molecule has 1 atom stereocenters. The number of benzene rings is 6. The third kappa shape index (κ3) is 5.33. The molecule has 0 aliphatic heterocycles. The summed E-state index contributed by atoms with van der Waals surface area (Å²) >= 11 is 2.45. The molecule has 0 bridgehead atoms. The second-order valence-corrected chi connectivity index (χ2v) is 14.8. The van der Waals surface area contributed by atoms with E-state index in [4.69, 9.17) is 13.8 Å². The summed E-state index contributed by atoms with van der Waals surface area (Å²) < 4.78 is 40.3. The largest absolute Gasteiger partial charge is 0.238 e. The van der Waals surface area contributed by atoms with Gasteiger partial charge in [0.15, 0.2) is 0 Å². The molecule has 10 rings (SSSR count). The first-order valence-electron chi connectivity index (χ1n) is 19.3. The van der Waals surface area contributed by atoms with Gasteiger partial charge in [0.25, 0.3) is 0 Å². The van der Waals surface area contributed by atoms with Crippen molar-refractivity contribution in [1.82, 2.24) is 18.7 Å². The molecule has 0 amide bonds. The number of aryl methyl sites for hydroxylation is 3. The molecular formula is C47H36N4OPt. The summed E-state index contributed by atoms with van der Waals surface area (Å²) in [7, 11) is 2.13. The Balaban J connectivity index is 1.11. The van der Waals surface area contributed by atoms with Gasteiger partial charge in [-0.25, -0.2) is 4.98 Å². The molecule has 0 saturated heterocycles. The van der Waals surface area contributed by atoms with Crippen LogP contribution in [0.1, 0.15) is 33.3 Å². The van der Waals surface area contributed by atoms with Gasteiger partial charge in [-0.2, -0.15) is 0 Å². The average molecular weight is 871 g/mol. The zero-order valence-corrected chi connectivity index (χ0v) is 31.2. The zero-order valence-electron chi connectivity index (χ0n) is 31.9. The number of hydrogen-bond donors (Lipinski definition) is 0. The summed E-state index contributed by atoms with van der Waals surface area (Å²) in [6.07, 6.45) is 3.73. The Morgan fingerprint density at radius 3 is 2.23 bits per heavy atom. The van der Waals surface area contributed by atoms with Crippen LogP contribution in [0.5, 0.6) is 11.5 Å². The van der Waals surface area contributed by atoms with Gasteiger partial charge in [-0.05, 0) is 47.3 Å². The van der Waals surface area contributed by atoms with Crippen molar-refractivity contribution in [2.75, 3.05) is 0 Å². The molecule has 260 valence electrons. The molecule has 5 nitrogen and oxygen atoms in total. The maximum Gasteiger partial charge on any atom is 0.0374 e. The Labute approximate surface area is 323 Å². The van der Waals surface area contributed by atoms with Gasteiger partial charge in [-0.15, -0.1) is 0 Å². The summed E-state index contributed by atoms with van der Waals surface area (Å²) in [6.45, 7) is -2.36. The Hall–Kier alpha value is -5.77. The maximum atomic E-state index is 8.54. The maximum absolute atomic E-state index is 8.54. The molecule has 0 radical (unpaired) electrons. The van der Waals surface area contributed by atoms with Crippen molar-refractivity contribution < 1.29 is 28.2 Å². The van der Waals surface area contributed by atoms with Crippen LogP contribution in [0.2, 0.25) is 0 Å². The molecule has 0 saturated carbocycles. The van der Waals surface area contributed by atoms with E-state index in [1.54, 1.807) is 12.3 Å².